The number of nitrogens with one attached hydrogen (secondary N) is 3. The van der Waals surface area contributed by atoms with Crippen LogP contribution < -0.4 is 16.0 Å². The molecule has 1 saturated carbocycles. The molecular weight excluding hydrogens is 378 g/mol. The fourth-order valence-corrected chi connectivity index (χ4v) is 3.67. The molecule has 0 aliphatic heterocycles. The van der Waals surface area contributed by atoms with E-state index in [0.717, 1.165) is 25.7 Å². The van der Waals surface area contributed by atoms with Gasteiger partial charge in [0.1, 0.15) is 0 Å². The summed E-state index contributed by atoms with van der Waals surface area (Å²) in [4.78, 5) is 37.7. The molecule has 1 aliphatic rings. The van der Waals surface area contributed by atoms with E-state index in [4.69, 9.17) is 0 Å². The van der Waals surface area contributed by atoms with Crippen LogP contribution in [0.2, 0.25) is 0 Å². The van der Waals surface area contributed by atoms with Crippen LogP contribution in [0.1, 0.15) is 66.7 Å². The summed E-state index contributed by atoms with van der Waals surface area (Å²) in [6, 6.07) is 13.7. The van der Waals surface area contributed by atoms with Gasteiger partial charge >= 0.3 is 0 Å². The Bertz CT molecular complexity index is 917. The second-order valence-corrected chi connectivity index (χ2v) is 8.03. The fourth-order valence-electron chi connectivity index (χ4n) is 3.67. The molecule has 0 heterocycles. The summed E-state index contributed by atoms with van der Waals surface area (Å²) in [7, 11) is 0. The SMILES string of the molecule is CC(C)NC(=O)c1ccccc1NC(=O)c1cccc(NC(=O)C2CCCCC2)c1. The predicted octanol–water partition coefficient (Wildman–Crippen LogP) is 4.60. The number of anilines is 2. The number of benzene rings is 2. The van der Waals surface area contributed by atoms with E-state index in [1.165, 1.54) is 6.42 Å². The van der Waals surface area contributed by atoms with Crippen LogP contribution in [0.5, 0.6) is 0 Å². The number of para-hydroxylation sites is 1. The lowest BCUT2D eigenvalue weighted by Crippen LogP contribution is -2.31. The molecule has 0 aromatic heterocycles. The van der Waals surface area contributed by atoms with Gasteiger partial charge < -0.3 is 16.0 Å². The molecule has 3 rings (SSSR count). The summed E-state index contributed by atoms with van der Waals surface area (Å²) in [5.41, 5.74) is 1.86. The molecule has 0 atom stereocenters. The highest BCUT2D eigenvalue weighted by Crippen LogP contribution is 2.25. The molecule has 0 spiro atoms. The van der Waals surface area contributed by atoms with Crippen molar-refractivity contribution in [3.63, 3.8) is 0 Å². The lowest BCUT2D eigenvalue weighted by atomic mass is 9.88. The van der Waals surface area contributed by atoms with Crippen LogP contribution in [0.25, 0.3) is 0 Å². The Morgan fingerprint density at radius 3 is 2.33 bits per heavy atom. The summed E-state index contributed by atoms with van der Waals surface area (Å²) in [5.74, 6) is -0.520. The van der Waals surface area contributed by atoms with Gasteiger partial charge in [0.25, 0.3) is 11.8 Å². The van der Waals surface area contributed by atoms with Crippen molar-refractivity contribution in [2.45, 2.75) is 52.0 Å². The van der Waals surface area contributed by atoms with E-state index in [9.17, 15) is 14.4 Å². The average Bonchev–Trinajstić information content (AvgIpc) is 2.74. The fraction of sp³-hybridized carbons (Fsp3) is 0.375. The lowest BCUT2D eigenvalue weighted by molar-refractivity contribution is -0.120. The van der Waals surface area contributed by atoms with E-state index >= 15 is 0 Å². The topological polar surface area (TPSA) is 87.3 Å². The highest BCUT2D eigenvalue weighted by atomic mass is 16.2. The quantitative estimate of drug-likeness (QED) is 0.654. The highest BCUT2D eigenvalue weighted by molar-refractivity contribution is 6.09. The molecule has 6 nitrogen and oxygen atoms in total. The van der Waals surface area contributed by atoms with E-state index in [0.29, 0.717) is 22.5 Å². The molecule has 30 heavy (non-hydrogen) atoms. The lowest BCUT2D eigenvalue weighted by Gasteiger charge is -2.20. The van der Waals surface area contributed by atoms with Crippen molar-refractivity contribution >= 4 is 29.1 Å². The van der Waals surface area contributed by atoms with Crippen molar-refractivity contribution in [1.29, 1.82) is 0 Å². The van der Waals surface area contributed by atoms with Gasteiger partial charge in [0.15, 0.2) is 0 Å². The van der Waals surface area contributed by atoms with E-state index in [2.05, 4.69) is 16.0 Å². The number of rotatable bonds is 6. The third-order valence-corrected chi connectivity index (χ3v) is 5.21. The zero-order valence-corrected chi connectivity index (χ0v) is 17.5. The summed E-state index contributed by atoms with van der Waals surface area (Å²) in [6.07, 6.45) is 5.20. The van der Waals surface area contributed by atoms with E-state index in [1.54, 1.807) is 48.5 Å². The van der Waals surface area contributed by atoms with Crippen LogP contribution in [-0.4, -0.2) is 23.8 Å². The van der Waals surface area contributed by atoms with Crippen LogP contribution in [-0.2, 0) is 4.79 Å². The molecule has 0 unspecified atom stereocenters. The summed E-state index contributed by atoms with van der Waals surface area (Å²) >= 11 is 0. The van der Waals surface area contributed by atoms with Gasteiger partial charge in [-0.1, -0.05) is 37.5 Å². The van der Waals surface area contributed by atoms with Crippen molar-refractivity contribution in [2.75, 3.05) is 10.6 Å². The van der Waals surface area contributed by atoms with Gasteiger partial charge in [0.05, 0.1) is 11.3 Å². The Labute approximate surface area is 177 Å². The summed E-state index contributed by atoms with van der Waals surface area (Å²) < 4.78 is 0. The maximum atomic E-state index is 12.8. The number of hydrogen-bond donors (Lipinski definition) is 3. The van der Waals surface area contributed by atoms with E-state index in [-0.39, 0.29) is 29.7 Å². The van der Waals surface area contributed by atoms with Crippen molar-refractivity contribution in [2.24, 2.45) is 5.92 Å². The molecule has 0 radical (unpaired) electrons. The minimum absolute atomic E-state index is 0.00860. The summed E-state index contributed by atoms with van der Waals surface area (Å²) in [6.45, 7) is 3.76. The van der Waals surface area contributed by atoms with Crippen molar-refractivity contribution in [3.8, 4) is 0 Å². The van der Waals surface area contributed by atoms with E-state index in [1.807, 2.05) is 13.8 Å². The van der Waals surface area contributed by atoms with Crippen molar-refractivity contribution < 1.29 is 14.4 Å². The van der Waals surface area contributed by atoms with Crippen LogP contribution in [0.3, 0.4) is 0 Å². The molecule has 6 heteroatoms. The van der Waals surface area contributed by atoms with Crippen LogP contribution in [0, 0.1) is 5.92 Å². The van der Waals surface area contributed by atoms with Gasteiger partial charge in [-0.2, -0.15) is 0 Å². The summed E-state index contributed by atoms with van der Waals surface area (Å²) in [5, 5.41) is 8.59. The minimum Gasteiger partial charge on any atom is -0.350 e. The molecule has 158 valence electrons. The molecule has 0 saturated heterocycles. The number of amides is 3. The van der Waals surface area contributed by atoms with Crippen molar-refractivity contribution in [1.82, 2.24) is 5.32 Å². The Morgan fingerprint density at radius 2 is 1.60 bits per heavy atom. The first-order chi connectivity index (χ1) is 14.4. The zero-order chi connectivity index (χ0) is 21.5. The largest absolute Gasteiger partial charge is 0.350 e. The van der Waals surface area contributed by atoms with Crippen LogP contribution in [0.4, 0.5) is 11.4 Å². The van der Waals surface area contributed by atoms with E-state index < -0.39 is 0 Å². The first kappa shape index (κ1) is 21.6. The molecule has 1 aliphatic carbocycles. The normalized spacial score (nSPS) is 14.2. The monoisotopic (exact) mass is 407 g/mol. The van der Waals surface area contributed by atoms with Gasteiger partial charge in [-0.05, 0) is 57.0 Å². The maximum absolute atomic E-state index is 12.8. The molecular formula is C24H29N3O3. The first-order valence-electron chi connectivity index (χ1n) is 10.6. The predicted molar refractivity (Wildman–Crippen MR) is 119 cm³/mol. The van der Waals surface area contributed by atoms with Gasteiger partial charge in [0, 0.05) is 23.2 Å². The van der Waals surface area contributed by atoms with Gasteiger partial charge in [0.2, 0.25) is 5.91 Å². The van der Waals surface area contributed by atoms with Gasteiger partial charge in [-0.15, -0.1) is 0 Å². The van der Waals surface area contributed by atoms with Crippen LogP contribution in [0.15, 0.2) is 48.5 Å². The molecule has 3 amide bonds. The van der Waals surface area contributed by atoms with Gasteiger partial charge in [-0.25, -0.2) is 0 Å². The Balaban J connectivity index is 1.70. The number of carbonyl (C=O) groups excluding carboxylic acids is 3. The molecule has 3 N–H and O–H groups in total. The van der Waals surface area contributed by atoms with Gasteiger partial charge in [-0.3, -0.25) is 14.4 Å². The van der Waals surface area contributed by atoms with Crippen molar-refractivity contribution in [3.05, 3.63) is 59.7 Å². The Morgan fingerprint density at radius 1 is 0.867 bits per heavy atom. The molecule has 2 aromatic rings. The molecule has 2 aromatic carbocycles. The molecule has 0 bridgehead atoms. The third-order valence-electron chi connectivity index (χ3n) is 5.21. The molecule has 1 fully saturated rings. The standard InChI is InChI=1S/C24H29N3O3/c1-16(2)25-24(30)20-13-6-7-14-21(20)27-23(29)18-11-8-12-19(15-18)26-22(28)17-9-4-3-5-10-17/h6-8,11-17H,3-5,9-10H2,1-2H3,(H,25,30)(H,26,28)(H,27,29). The second-order valence-electron chi connectivity index (χ2n) is 8.03. The smallest absolute Gasteiger partial charge is 0.255 e. The zero-order valence-electron chi connectivity index (χ0n) is 17.5. The first-order valence-corrected chi connectivity index (χ1v) is 10.6. The minimum atomic E-state index is -0.339. The third kappa shape index (κ3) is 5.69. The highest BCUT2D eigenvalue weighted by Gasteiger charge is 2.21. The second kappa shape index (κ2) is 10.1. The average molecular weight is 408 g/mol. The van der Waals surface area contributed by atoms with Crippen LogP contribution >= 0.6 is 0 Å². The Hall–Kier alpha value is -3.15. The number of carbonyl (C=O) groups is 3. The Kier molecular flexibility index (Phi) is 7.22. The number of hydrogen-bond acceptors (Lipinski definition) is 3. The maximum Gasteiger partial charge on any atom is 0.255 e.